The van der Waals surface area contributed by atoms with Gasteiger partial charge in [-0.05, 0) is 6.92 Å². The minimum Gasteiger partial charge on any atom is -0.394 e. The third kappa shape index (κ3) is 6.20. The highest BCUT2D eigenvalue weighted by atomic mass is 16.5. The smallest absolute Gasteiger partial charge is 0.330 e. The Labute approximate surface area is 142 Å². The van der Waals surface area contributed by atoms with Crippen LogP contribution in [-0.4, -0.2) is 54.8 Å². The third-order valence-corrected chi connectivity index (χ3v) is 3.52. The molecule has 1 aromatic rings. The first kappa shape index (κ1) is 22.5. The van der Waals surface area contributed by atoms with Crippen LogP contribution in [0.25, 0.3) is 0 Å². The van der Waals surface area contributed by atoms with E-state index in [2.05, 4.69) is 4.98 Å². The fourth-order valence-corrected chi connectivity index (χ4v) is 2.15. The molecule has 8 nitrogen and oxygen atoms in total. The van der Waals surface area contributed by atoms with Gasteiger partial charge < -0.3 is 19.3 Å². The number of aromatic amines is 1. The van der Waals surface area contributed by atoms with Gasteiger partial charge in [-0.2, -0.15) is 0 Å². The molecule has 0 aliphatic rings. The van der Waals surface area contributed by atoms with E-state index in [0.29, 0.717) is 12.2 Å². The number of rotatable bonds is 9. The summed E-state index contributed by atoms with van der Waals surface area (Å²) >= 11 is 0. The summed E-state index contributed by atoms with van der Waals surface area (Å²) in [6, 6.07) is 0. The zero-order valence-electron chi connectivity index (χ0n) is 15.4. The number of nitrogens with one attached hydrogen (secondary N) is 1. The van der Waals surface area contributed by atoms with Crippen LogP contribution >= 0.6 is 0 Å². The van der Waals surface area contributed by atoms with Gasteiger partial charge in [0.2, 0.25) is 0 Å². The number of hydrogen-bond donors (Lipinski definition) is 2. The zero-order chi connectivity index (χ0) is 18.7. The molecule has 1 heterocycles. The van der Waals surface area contributed by atoms with Crippen LogP contribution in [0.3, 0.4) is 0 Å². The lowest BCUT2D eigenvalue weighted by Gasteiger charge is -2.30. The highest BCUT2D eigenvalue weighted by Crippen LogP contribution is 2.23. The molecule has 3 atom stereocenters. The number of ether oxygens (including phenoxy) is 3. The molecule has 2 N–H and O–H groups in total. The molecule has 8 heteroatoms. The van der Waals surface area contributed by atoms with Crippen LogP contribution in [-0.2, 0) is 14.2 Å². The summed E-state index contributed by atoms with van der Waals surface area (Å²) in [7, 11) is 3.02. The molecule has 0 aliphatic carbocycles. The van der Waals surface area contributed by atoms with Crippen molar-refractivity contribution in [1.29, 1.82) is 0 Å². The molecule has 1 rings (SSSR count). The summed E-state index contributed by atoms with van der Waals surface area (Å²) in [5, 5.41) is 9.38. The van der Waals surface area contributed by atoms with Crippen LogP contribution in [0.15, 0.2) is 15.8 Å². The first-order valence-electron chi connectivity index (χ1n) is 8.02. The molecule has 140 valence electrons. The van der Waals surface area contributed by atoms with Crippen molar-refractivity contribution in [1.82, 2.24) is 9.55 Å². The SMILES string of the molecule is CC.COCCOC(C(C)C(CO)OC)n1cc(C)c(=O)[nH]c1=O. The zero-order valence-corrected chi connectivity index (χ0v) is 15.4. The largest absolute Gasteiger partial charge is 0.394 e. The van der Waals surface area contributed by atoms with Crippen molar-refractivity contribution in [2.45, 2.75) is 40.0 Å². The maximum atomic E-state index is 12.1. The topological polar surface area (TPSA) is 103 Å². The van der Waals surface area contributed by atoms with Crippen molar-refractivity contribution >= 4 is 0 Å². The number of aromatic nitrogens is 2. The number of aryl methyl sites for hydroxylation is 1. The minimum atomic E-state index is -0.699. The summed E-state index contributed by atoms with van der Waals surface area (Å²) in [5.74, 6) is -0.324. The molecular weight excluding hydrogens is 316 g/mol. The van der Waals surface area contributed by atoms with Gasteiger partial charge in [0.15, 0.2) is 0 Å². The second-order valence-corrected chi connectivity index (χ2v) is 5.05. The maximum absolute atomic E-state index is 12.1. The predicted molar refractivity (Wildman–Crippen MR) is 91.3 cm³/mol. The molecule has 0 aliphatic heterocycles. The first-order valence-corrected chi connectivity index (χ1v) is 8.02. The van der Waals surface area contributed by atoms with Crippen molar-refractivity contribution < 1.29 is 19.3 Å². The van der Waals surface area contributed by atoms with E-state index in [1.54, 1.807) is 21.0 Å². The summed E-state index contributed by atoms with van der Waals surface area (Å²) in [6.45, 7) is 7.81. The highest BCUT2D eigenvalue weighted by molar-refractivity contribution is 5.01. The molecule has 0 saturated carbocycles. The van der Waals surface area contributed by atoms with Gasteiger partial charge in [-0.3, -0.25) is 14.3 Å². The van der Waals surface area contributed by atoms with Crippen LogP contribution in [0.4, 0.5) is 0 Å². The molecule has 0 bridgehead atoms. The Balaban J connectivity index is 0.00000254. The summed E-state index contributed by atoms with van der Waals surface area (Å²) in [4.78, 5) is 25.8. The van der Waals surface area contributed by atoms with Crippen LogP contribution in [0.2, 0.25) is 0 Å². The van der Waals surface area contributed by atoms with E-state index in [1.165, 1.54) is 17.9 Å². The molecule has 24 heavy (non-hydrogen) atoms. The molecule has 0 fully saturated rings. The fraction of sp³-hybridized carbons (Fsp3) is 0.750. The molecule has 0 amide bonds. The van der Waals surface area contributed by atoms with Gasteiger partial charge in [0.25, 0.3) is 5.56 Å². The molecule has 3 unspecified atom stereocenters. The van der Waals surface area contributed by atoms with E-state index in [-0.39, 0.29) is 19.1 Å². The second kappa shape index (κ2) is 12.0. The van der Waals surface area contributed by atoms with Gasteiger partial charge in [0.05, 0.1) is 25.9 Å². The third-order valence-electron chi connectivity index (χ3n) is 3.52. The molecular formula is C16H30N2O6. The van der Waals surface area contributed by atoms with Gasteiger partial charge in [0.1, 0.15) is 6.23 Å². The van der Waals surface area contributed by atoms with Crippen LogP contribution in [0, 0.1) is 12.8 Å². The Kier molecular flexibility index (Phi) is 11.2. The average Bonchev–Trinajstić information content (AvgIpc) is 2.58. The average molecular weight is 346 g/mol. The number of aliphatic hydroxyl groups excluding tert-OH is 1. The Bertz CT molecular complexity index is 564. The minimum absolute atomic E-state index is 0.209. The van der Waals surface area contributed by atoms with Crippen molar-refractivity contribution in [3.63, 3.8) is 0 Å². The van der Waals surface area contributed by atoms with Crippen molar-refractivity contribution in [2.24, 2.45) is 5.92 Å². The van der Waals surface area contributed by atoms with Gasteiger partial charge in [-0.1, -0.05) is 20.8 Å². The van der Waals surface area contributed by atoms with Crippen LogP contribution < -0.4 is 11.2 Å². The lowest BCUT2D eigenvalue weighted by Crippen LogP contribution is -2.41. The summed E-state index contributed by atoms with van der Waals surface area (Å²) < 4.78 is 17.2. The Morgan fingerprint density at radius 2 is 1.88 bits per heavy atom. The van der Waals surface area contributed by atoms with Crippen LogP contribution in [0.5, 0.6) is 0 Å². The highest BCUT2D eigenvalue weighted by Gasteiger charge is 2.28. The first-order chi connectivity index (χ1) is 11.5. The van der Waals surface area contributed by atoms with Gasteiger partial charge in [-0.15, -0.1) is 0 Å². The number of nitrogens with zero attached hydrogens (tertiary/aromatic N) is 1. The maximum Gasteiger partial charge on any atom is 0.330 e. The molecule has 1 aromatic heterocycles. The summed E-state index contributed by atoms with van der Waals surface area (Å²) in [6.07, 6.45) is 0.237. The Hall–Kier alpha value is -1.48. The van der Waals surface area contributed by atoms with E-state index < -0.39 is 23.6 Å². The van der Waals surface area contributed by atoms with Gasteiger partial charge in [0, 0.05) is 31.9 Å². The second-order valence-electron chi connectivity index (χ2n) is 5.05. The normalized spacial score (nSPS) is 14.5. The van der Waals surface area contributed by atoms with E-state index in [1.807, 2.05) is 13.8 Å². The van der Waals surface area contributed by atoms with Gasteiger partial charge in [-0.25, -0.2) is 4.79 Å². The number of H-pyrrole nitrogens is 1. The molecule has 0 radical (unpaired) electrons. The Morgan fingerprint density at radius 1 is 1.25 bits per heavy atom. The number of hydrogen-bond acceptors (Lipinski definition) is 6. The molecule has 0 aromatic carbocycles. The number of aliphatic hydroxyl groups is 1. The van der Waals surface area contributed by atoms with E-state index in [0.717, 1.165) is 0 Å². The number of methoxy groups -OCH3 is 2. The molecule has 0 spiro atoms. The van der Waals surface area contributed by atoms with Crippen molar-refractivity contribution in [2.75, 3.05) is 34.0 Å². The van der Waals surface area contributed by atoms with Crippen molar-refractivity contribution in [3.8, 4) is 0 Å². The predicted octanol–water partition coefficient (Wildman–Crippen LogP) is 0.676. The Morgan fingerprint density at radius 3 is 2.38 bits per heavy atom. The monoisotopic (exact) mass is 346 g/mol. The van der Waals surface area contributed by atoms with E-state index in [9.17, 15) is 14.7 Å². The van der Waals surface area contributed by atoms with E-state index in [4.69, 9.17) is 14.2 Å². The van der Waals surface area contributed by atoms with Crippen molar-refractivity contribution in [3.05, 3.63) is 32.6 Å². The lowest BCUT2D eigenvalue weighted by atomic mass is 10.0. The van der Waals surface area contributed by atoms with Crippen LogP contribution in [0.1, 0.15) is 32.6 Å². The van der Waals surface area contributed by atoms with Gasteiger partial charge >= 0.3 is 5.69 Å². The molecule has 0 saturated heterocycles. The standard InChI is InChI=1S/C14H24N2O6.C2H6/c1-9-7-16(14(19)15-12(9)18)13(22-6-5-20-3)10(2)11(8-17)21-4;1-2/h7,10-11,13,17H,5-6,8H2,1-4H3,(H,15,18,19);1-2H3. The summed E-state index contributed by atoms with van der Waals surface area (Å²) in [5.41, 5.74) is -0.613. The fourth-order valence-electron chi connectivity index (χ4n) is 2.15. The van der Waals surface area contributed by atoms with E-state index >= 15 is 0 Å². The lowest BCUT2D eigenvalue weighted by molar-refractivity contribution is -0.104. The quantitative estimate of drug-likeness (QED) is 0.637.